The van der Waals surface area contributed by atoms with Gasteiger partial charge in [-0.05, 0) is 30.5 Å². The van der Waals surface area contributed by atoms with Crippen LogP contribution < -0.4 is 5.32 Å². The molecule has 0 saturated carbocycles. The Morgan fingerprint density at radius 1 is 1.20 bits per heavy atom. The molecule has 1 rings (SSSR count). The molecule has 1 amide bonds. The first kappa shape index (κ1) is 18.2. The molecule has 0 aliphatic rings. The normalized spacial score (nSPS) is 9.35. The number of carboxylic acids is 1. The largest absolute Gasteiger partial charge is 0.481 e. The van der Waals surface area contributed by atoms with Crippen LogP contribution in [0, 0.1) is 0 Å². The smallest absolute Gasteiger partial charge is 0.303 e. The minimum atomic E-state index is -0.841. The van der Waals surface area contributed by atoms with E-state index in [1.165, 1.54) is 6.42 Å². The van der Waals surface area contributed by atoms with Gasteiger partial charge < -0.3 is 10.4 Å². The van der Waals surface area contributed by atoms with Crippen LogP contribution in [0.2, 0.25) is 0 Å². The molecular weight excluding hydrogens is 254 g/mol. The predicted octanol–water partition coefficient (Wildman–Crippen LogP) is 3.26. The van der Waals surface area contributed by atoms with E-state index in [0.29, 0.717) is 18.5 Å². The highest BCUT2D eigenvalue weighted by Gasteiger charge is 2.05. The quantitative estimate of drug-likeness (QED) is 0.785. The highest BCUT2D eigenvalue weighted by atomic mass is 16.4. The Labute approximate surface area is 121 Å². The molecule has 0 spiro atoms. The molecule has 0 radical (unpaired) electrons. The highest BCUT2D eigenvalue weighted by Crippen LogP contribution is 2.05. The van der Waals surface area contributed by atoms with Crippen molar-refractivity contribution in [1.29, 1.82) is 0 Å². The molecule has 0 unspecified atom stereocenters. The first-order valence-corrected chi connectivity index (χ1v) is 7.14. The summed E-state index contributed by atoms with van der Waals surface area (Å²) in [5, 5.41) is 11.2. The monoisotopic (exact) mass is 279 g/mol. The maximum absolute atomic E-state index is 11.7. The van der Waals surface area contributed by atoms with E-state index in [2.05, 4.69) is 19.2 Å². The van der Waals surface area contributed by atoms with Gasteiger partial charge in [-0.3, -0.25) is 9.59 Å². The van der Waals surface area contributed by atoms with Crippen molar-refractivity contribution in [2.24, 2.45) is 0 Å². The average molecular weight is 279 g/mol. The number of hydrogen-bond acceptors (Lipinski definition) is 2. The zero-order valence-corrected chi connectivity index (χ0v) is 12.6. The molecular formula is C16H25NO3. The molecule has 0 aliphatic carbocycles. The van der Waals surface area contributed by atoms with Crippen molar-refractivity contribution < 1.29 is 14.7 Å². The number of benzene rings is 1. The molecule has 1 aromatic carbocycles. The summed E-state index contributed by atoms with van der Waals surface area (Å²) in [6.45, 7) is 6.67. The van der Waals surface area contributed by atoms with Gasteiger partial charge in [-0.25, -0.2) is 0 Å². The lowest BCUT2D eigenvalue weighted by atomic mass is 10.1. The maximum atomic E-state index is 11.7. The molecule has 0 saturated heterocycles. The van der Waals surface area contributed by atoms with E-state index in [1.54, 1.807) is 6.07 Å². The predicted molar refractivity (Wildman–Crippen MR) is 81.0 cm³/mol. The summed E-state index contributed by atoms with van der Waals surface area (Å²) >= 11 is 0. The first-order chi connectivity index (χ1) is 9.54. The van der Waals surface area contributed by atoms with E-state index in [1.807, 2.05) is 25.1 Å². The summed E-state index contributed by atoms with van der Waals surface area (Å²) in [4.78, 5) is 22.0. The molecule has 1 aromatic rings. The lowest BCUT2D eigenvalue weighted by molar-refractivity contribution is -0.137. The zero-order chi connectivity index (χ0) is 15.4. The van der Waals surface area contributed by atoms with Crippen molar-refractivity contribution in [2.45, 2.75) is 46.5 Å². The third-order valence-corrected chi connectivity index (χ3v) is 2.45. The van der Waals surface area contributed by atoms with Gasteiger partial charge in [-0.2, -0.15) is 0 Å². The second-order valence-electron chi connectivity index (χ2n) is 4.51. The minimum Gasteiger partial charge on any atom is -0.481 e. The summed E-state index contributed by atoms with van der Waals surface area (Å²) in [5.41, 5.74) is 1.74. The van der Waals surface area contributed by atoms with E-state index in [9.17, 15) is 9.59 Å². The molecule has 0 aromatic heterocycles. The summed E-state index contributed by atoms with van der Waals surface area (Å²) in [6, 6.07) is 7.43. The number of aliphatic carboxylic acids is 1. The summed E-state index contributed by atoms with van der Waals surface area (Å²) in [6.07, 6.45) is 2.67. The van der Waals surface area contributed by atoms with Crippen molar-refractivity contribution in [3.05, 3.63) is 35.4 Å². The Kier molecular flexibility index (Phi) is 10.0. The zero-order valence-electron chi connectivity index (χ0n) is 12.6. The Balaban J connectivity index is 0.00000110. The van der Waals surface area contributed by atoms with Gasteiger partial charge in [0.25, 0.3) is 5.91 Å². The molecule has 0 heterocycles. The molecule has 0 aliphatic heterocycles. The Bertz CT molecular complexity index is 416. The summed E-state index contributed by atoms with van der Waals surface area (Å²) in [7, 11) is 0. The van der Waals surface area contributed by atoms with Crippen molar-refractivity contribution in [3.63, 3.8) is 0 Å². The third-order valence-electron chi connectivity index (χ3n) is 2.45. The molecule has 0 bridgehead atoms. The summed E-state index contributed by atoms with van der Waals surface area (Å²) < 4.78 is 0. The standard InChI is InChI=1S/C13H17NO3.C3H8/c1-2-10-5-3-6-11(9-10)13(17)14-8-4-7-12(15)16;1-3-2/h3,5-6,9H,2,4,7-8H2,1H3,(H,14,17)(H,15,16);3H2,1-2H3. The number of carboxylic acid groups (broad SMARTS) is 1. The molecule has 0 atom stereocenters. The van der Waals surface area contributed by atoms with Crippen LogP contribution in [0.15, 0.2) is 24.3 Å². The molecule has 4 nitrogen and oxygen atoms in total. The van der Waals surface area contributed by atoms with Crippen molar-refractivity contribution in [3.8, 4) is 0 Å². The number of carbonyl (C=O) groups excluding carboxylic acids is 1. The van der Waals surface area contributed by atoms with Crippen LogP contribution in [-0.4, -0.2) is 23.5 Å². The van der Waals surface area contributed by atoms with Crippen LogP contribution in [0.5, 0.6) is 0 Å². The Morgan fingerprint density at radius 3 is 2.40 bits per heavy atom. The van der Waals surface area contributed by atoms with Gasteiger partial charge in [-0.15, -0.1) is 0 Å². The number of nitrogens with one attached hydrogen (secondary N) is 1. The van der Waals surface area contributed by atoms with Crippen LogP contribution in [-0.2, 0) is 11.2 Å². The van der Waals surface area contributed by atoms with Crippen LogP contribution >= 0.6 is 0 Å². The summed E-state index contributed by atoms with van der Waals surface area (Å²) in [5.74, 6) is -0.988. The Hall–Kier alpha value is -1.84. The fourth-order valence-corrected chi connectivity index (χ4v) is 1.48. The highest BCUT2D eigenvalue weighted by molar-refractivity contribution is 5.94. The van der Waals surface area contributed by atoms with Gasteiger partial charge in [-0.1, -0.05) is 39.3 Å². The van der Waals surface area contributed by atoms with E-state index < -0.39 is 5.97 Å². The number of amides is 1. The van der Waals surface area contributed by atoms with Gasteiger partial charge >= 0.3 is 5.97 Å². The third kappa shape index (κ3) is 8.29. The maximum Gasteiger partial charge on any atom is 0.303 e. The van der Waals surface area contributed by atoms with E-state index >= 15 is 0 Å². The fraction of sp³-hybridized carbons (Fsp3) is 0.500. The number of hydrogen-bond donors (Lipinski definition) is 2. The van der Waals surface area contributed by atoms with Gasteiger partial charge in [0.05, 0.1) is 0 Å². The van der Waals surface area contributed by atoms with Gasteiger partial charge in [0.15, 0.2) is 0 Å². The first-order valence-electron chi connectivity index (χ1n) is 7.14. The molecule has 112 valence electrons. The lowest BCUT2D eigenvalue weighted by Crippen LogP contribution is -2.24. The second-order valence-corrected chi connectivity index (χ2v) is 4.51. The van der Waals surface area contributed by atoms with Crippen molar-refractivity contribution in [1.82, 2.24) is 5.32 Å². The van der Waals surface area contributed by atoms with Gasteiger partial charge in [0.1, 0.15) is 0 Å². The molecule has 4 heteroatoms. The lowest BCUT2D eigenvalue weighted by Gasteiger charge is -2.05. The number of carbonyl (C=O) groups is 2. The fourth-order valence-electron chi connectivity index (χ4n) is 1.48. The SMILES string of the molecule is CCC.CCc1cccc(C(=O)NCCCC(=O)O)c1. The van der Waals surface area contributed by atoms with Crippen molar-refractivity contribution >= 4 is 11.9 Å². The average Bonchev–Trinajstić information content (AvgIpc) is 2.44. The molecule has 20 heavy (non-hydrogen) atoms. The van der Waals surface area contributed by atoms with Crippen molar-refractivity contribution in [2.75, 3.05) is 6.54 Å². The van der Waals surface area contributed by atoms with E-state index in [4.69, 9.17) is 5.11 Å². The molecule has 2 N–H and O–H groups in total. The second kappa shape index (κ2) is 11.0. The number of aryl methyl sites for hydroxylation is 1. The van der Waals surface area contributed by atoms with E-state index in [0.717, 1.165) is 12.0 Å². The van der Waals surface area contributed by atoms with Crippen LogP contribution in [0.3, 0.4) is 0 Å². The van der Waals surface area contributed by atoms with Crippen LogP contribution in [0.25, 0.3) is 0 Å². The van der Waals surface area contributed by atoms with Crippen LogP contribution in [0.4, 0.5) is 0 Å². The van der Waals surface area contributed by atoms with Crippen LogP contribution in [0.1, 0.15) is 56.0 Å². The minimum absolute atomic E-state index is 0.0787. The molecule has 0 fully saturated rings. The van der Waals surface area contributed by atoms with Gasteiger partial charge in [0.2, 0.25) is 0 Å². The van der Waals surface area contributed by atoms with E-state index in [-0.39, 0.29) is 12.3 Å². The Morgan fingerprint density at radius 2 is 1.85 bits per heavy atom. The topological polar surface area (TPSA) is 66.4 Å². The number of rotatable bonds is 6. The van der Waals surface area contributed by atoms with Gasteiger partial charge in [0, 0.05) is 18.5 Å².